The number of benzene rings is 2. The highest BCUT2D eigenvalue weighted by Gasteiger charge is 2.15. The number of nitrogens with one attached hydrogen (secondary N) is 1. The Morgan fingerprint density at radius 2 is 2.03 bits per heavy atom. The van der Waals surface area contributed by atoms with Crippen molar-refractivity contribution in [1.82, 2.24) is 14.8 Å². The zero-order valence-electron chi connectivity index (χ0n) is 17.2. The van der Waals surface area contributed by atoms with Gasteiger partial charge in [-0.05, 0) is 37.1 Å². The molecule has 0 saturated heterocycles. The van der Waals surface area contributed by atoms with Crippen LogP contribution in [0.1, 0.15) is 17.0 Å². The minimum Gasteiger partial charge on any atom is -0.486 e. The van der Waals surface area contributed by atoms with Crippen molar-refractivity contribution >= 4 is 35.0 Å². The second-order valence-electron chi connectivity index (χ2n) is 6.77. The molecule has 0 atom stereocenters. The second-order valence-corrected chi connectivity index (χ2v) is 8.12. The van der Waals surface area contributed by atoms with Gasteiger partial charge < -0.3 is 10.1 Å². The number of rotatable bonds is 9. The molecule has 6 nitrogen and oxygen atoms in total. The predicted molar refractivity (Wildman–Crippen MR) is 121 cm³/mol. The third-order valence-electron chi connectivity index (χ3n) is 4.44. The fourth-order valence-electron chi connectivity index (χ4n) is 2.88. The Morgan fingerprint density at radius 1 is 1.29 bits per heavy atom. The van der Waals surface area contributed by atoms with Crippen LogP contribution in [0.25, 0.3) is 0 Å². The number of ether oxygens (including phenoxy) is 1. The third-order valence-corrected chi connectivity index (χ3v) is 5.70. The van der Waals surface area contributed by atoms with Crippen LogP contribution in [0.5, 0.6) is 5.75 Å². The largest absolute Gasteiger partial charge is 0.486 e. The Bertz CT molecular complexity index is 1080. The summed E-state index contributed by atoms with van der Waals surface area (Å²) in [5.74, 6) is 0.507. The molecule has 0 fully saturated rings. The standard InChI is InChI=1S/C22H22ClFN4O2S/c1-4-10-28-19(12-30-16-8-9-18(24)17(23)11-16)26-27-22(28)31-13-20(29)25-21-14(2)6-5-7-15(21)3/h4-9,11H,1,10,12-13H2,2-3H3,(H,25,29). The number of hydrogen-bond donors (Lipinski definition) is 1. The summed E-state index contributed by atoms with van der Waals surface area (Å²) in [5, 5.41) is 11.9. The molecule has 0 radical (unpaired) electrons. The van der Waals surface area contributed by atoms with Gasteiger partial charge in [0.05, 0.1) is 10.8 Å². The van der Waals surface area contributed by atoms with Crippen LogP contribution in [0.15, 0.2) is 54.2 Å². The van der Waals surface area contributed by atoms with Crippen LogP contribution in [0.3, 0.4) is 0 Å². The highest BCUT2D eigenvalue weighted by atomic mass is 35.5. The quantitative estimate of drug-likeness (QED) is 0.352. The van der Waals surface area contributed by atoms with Gasteiger partial charge in [-0.3, -0.25) is 9.36 Å². The van der Waals surface area contributed by atoms with E-state index >= 15 is 0 Å². The lowest BCUT2D eigenvalue weighted by Gasteiger charge is -2.12. The topological polar surface area (TPSA) is 69.0 Å². The maximum atomic E-state index is 13.3. The SMILES string of the molecule is C=CCn1c(COc2ccc(F)c(Cl)c2)nnc1SCC(=O)Nc1c(C)cccc1C. The maximum Gasteiger partial charge on any atom is 0.234 e. The van der Waals surface area contributed by atoms with Crippen LogP contribution in [0.2, 0.25) is 5.02 Å². The number of para-hydroxylation sites is 1. The molecule has 1 amide bonds. The molecule has 0 aliphatic heterocycles. The van der Waals surface area contributed by atoms with Crippen LogP contribution in [-0.2, 0) is 17.9 Å². The molecular weight excluding hydrogens is 439 g/mol. The molecular formula is C22H22ClFN4O2S. The summed E-state index contributed by atoms with van der Waals surface area (Å²) < 4.78 is 20.8. The number of thioether (sulfide) groups is 1. The normalized spacial score (nSPS) is 10.7. The first-order valence-corrected chi connectivity index (χ1v) is 10.8. The zero-order valence-corrected chi connectivity index (χ0v) is 18.8. The highest BCUT2D eigenvalue weighted by molar-refractivity contribution is 7.99. The molecule has 0 aliphatic carbocycles. The predicted octanol–water partition coefficient (Wildman–Crippen LogP) is 5.18. The number of allylic oxidation sites excluding steroid dienone is 1. The van der Waals surface area contributed by atoms with Gasteiger partial charge in [-0.1, -0.05) is 47.6 Å². The summed E-state index contributed by atoms with van der Waals surface area (Å²) in [5.41, 5.74) is 2.84. The molecule has 162 valence electrons. The van der Waals surface area contributed by atoms with Crippen LogP contribution < -0.4 is 10.1 Å². The number of aromatic nitrogens is 3. The summed E-state index contributed by atoms with van der Waals surface area (Å²) in [6.45, 7) is 8.24. The zero-order chi connectivity index (χ0) is 22.4. The maximum absolute atomic E-state index is 13.3. The summed E-state index contributed by atoms with van der Waals surface area (Å²) in [7, 11) is 0. The van der Waals surface area contributed by atoms with Crippen LogP contribution >= 0.6 is 23.4 Å². The first-order chi connectivity index (χ1) is 14.9. The minimum atomic E-state index is -0.512. The molecule has 9 heteroatoms. The van der Waals surface area contributed by atoms with E-state index < -0.39 is 5.82 Å². The van der Waals surface area contributed by atoms with Crippen molar-refractivity contribution in [2.75, 3.05) is 11.1 Å². The Balaban J connectivity index is 1.64. The number of halogens is 2. The molecule has 0 unspecified atom stereocenters. The Hall–Kier alpha value is -2.84. The summed E-state index contributed by atoms with van der Waals surface area (Å²) in [6, 6.07) is 9.99. The average Bonchev–Trinajstić information content (AvgIpc) is 3.12. The van der Waals surface area contributed by atoms with Crippen molar-refractivity contribution in [1.29, 1.82) is 0 Å². The molecule has 0 bridgehead atoms. The highest BCUT2D eigenvalue weighted by Crippen LogP contribution is 2.24. The smallest absolute Gasteiger partial charge is 0.234 e. The Morgan fingerprint density at radius 3 is 2.71 bits per heavy atom. The van der Waals surface area contributed by atoms with E-state index in [0.29, 0.717) is 23.3 Å². The molecule has 3 aromatic rings. The monoisotopic (exact) mass is 460 g/mol. The van der Waals surface area contributed by atoms with Crippen molar-refractivity contribution < 1.29 is 13.9 Å². The molecule has 3 rings (SSSR count). The fourth-order valence-corrected chi connectivity index (χ4v) is 3.81. The lowest BCUT2D eigenvalue weighted by atomic mass is 10.1. The van der Waals surface area contributed by atoms with Gasteiger partial charge in [0.2, 0.25) is 5.91 Å². The van der Waals surface area contributed by atoms with Gasteiger partial charge in [-0.25, -0.2) is 4.39 Å². The Kier molecular flexibility index (Phi) is 7.70. The summed E-state index contributed by atoms with van der Waals surface area (Å²) in [6.07, 6.45) is 1.71. The van der Waals surface area contributed by atoms with Gasteiger partial charge in [-0.2, -0.15) is 0 Å². The molecule has 31 heavy (non-hydrogen) atoms. The molecule has 0 spiro atoms. The minimum absolute atomic E-state index is 0.0174. The lowest BCUT2D eigenvalue weighted by Crippen LogP contribution is -2.16. The summed E-state index contributed by atoms with van der Waals surface area (Å²) in [4.78, 5) is 12.5. The van der Waals surface area contributed by atoms with E-state index in [1.807, 2.05) is 36.6 Å². The van der Waals surface area contributed by atoms with E-state index in [0.717, 1.165) is 16.8 Å². The number of carbonyl (C=O) groups is 1. The molecule has 0 saturated carbocycles. The van der Waals surface area contributed by atoms with Crippen LogP contribution in [0.4, 0.5) is 10.1 Å². The Labute approximate surface area is 189 Å². The van der Waals surface area contributed by atoms with Gasteiger partial charge in [0.25, 0.3) is 0 Å². The van der Waals surface area contributed by atoms with E-state index in [1.54, 1.807) is 6.08 Å². The molecule has 1 heterocycles. The number of carbonyl (C=O) groups excluding carboxylic acids is 1. The van der Waals surface area contributed by atoms with E-state index in [9.17, 15) is 9.18 Å². The van der Waals surface area contributed by atoms with Crippen molar-refractivity contribution in [3.8, 4) is 5.75 Å². The lowest BCUT2D eigenvalue weighted by molar-refractivity contribution is -0.113. The van der Waals surface area contributed by atoms with Crippen molar-refractivity contribution in [2.24, 2.45) is 0 Å². The van der Waals surface area contributed by atoms with Gasteiger partial charge in [0.15, 0.2) is 11.0 Å². The third kappa shape index (κ3) is 5.86. The second kappa shape index (κ2) is 10.5. The van der Waals surface area contributed by atoms with Crippen molar-refractivity contribution in [3.63, 3.8) is 0 Å². The molecule has 1 aromatic heterocycles. The van der Waals surface area contributed by atoms with E-state index in [1.165, 1.54) is 30.0 Å². The van der Waals surface area contributed by atoms with E-state index in [-0.39, 0.29) is 23.3 Å². The van der Waals surface area contributed by atoms with Gasteiger partial charge in [-0.15, -0.1) is 16.8 Å². The summed E-state index contributed by atoms with van der Waals surface area (Å²) >= 11 is 7.06. The van der Waals surface area contributed by atoms with Gasteiger partial charge >= 0.3 is 0 Å². The number of anilines is 1. The fraction of sp³-hybridized carbons (Fsp3) is 0.227. The first-order valence-electron chi connectivity index (χ1n) is 9.48. The molecule has 0 aliphatic rings. The number of amides is 1. The van der Waals surface area contributed by atoms with Crippen LogP contribution in [0, 0.1) is 19.7 Å². The van der Waals surface area contributed by atoms with Crippen molar-refractivity contribution in [3.05, 3.63) is 76.8 Å². The van der Waals surface area contributed by atoms with E-state index in [4.69, 9.17) is 16.3 Å². The average molecular weight is 461 g/mol. The number of nitrogens with zero attached hydrogens (tertiary/aromatic N) is 3. The van der Waals surface area contributed by atoms with Gasteiger partial charge in [0.1, 0.15) is 18.2 Å². The molecule has 2 aromatic carbocycles. The van der Waals surface area contributed by atoms with E-state index in [2.05, 4.69) is 22.1 Å². The number of hydrogen-bond acceptors (Lipinski definition) is 5. The van der Waals surface area contributed by atoms with Crippen LogP contribution in [-0.4, -0.2) is 26.4 Å². The first kappa shape index (κ1) is 22.8. The number of aryl methyl sites for hydroxylation is 2. The van der Waals surface area contributed by atoms with Gasteiger partial charge in [0, 0.05) is 18.3 Å². The molecule has 1 N–H and O–H groups in total. The van der Waals surface area contributed by atoms with Crippen molar-refractivity contribution in [2.45, 2.75) is 32.2 Å².